The highest BCUT2D eigenvalue weighted by Crippen LogP contribution is 2.33. The normalized spacial score (nSPS) is 10.8. The lowest BCUT2D eigenvalue weighted by Gasteiger charge is -2.20. The van der Waals surface area contributed by atoms with Crippen molar-refractivity contribution < 1.29 is 18.7 Å². The summed E-state index contributed by atoms with van der Waals surface area (Å²) in [5.41, 5.74) is 1.77. The molecule has 6 nitrogen and oxygen atoms in total. The summed E-state index contributed by atoms with van der Waals surface area (Å²) in [4.78, 5) is 24.1. The number of benzene rings is 2. The van der Waals surface area contributed by atoms with E-state index in [0.717, 1.165) is 0 Å². The Hall–Kier alpha value is -3.52. The lowest BCUT2D eigenvalue weighted by molar-refractivity contribution is 0.0984. The summed E-state index contributed by atoms with van der Waals surface area (Å²) in [6.07, 6.45) is 1.68. The van der Waals surface area contributed by atoms with Crippen molar-refractivity contribution in [2.24, 2.45) is 0 Å². The molecule has 0 saturated carbocycles. The van der Waals surface area contributed by atoms with Crippen molar-refractivity contribution in [1.29, 1.82) is 0 Å². The van der Waals surface area contributed by atoms with Crippen LogP contribution in [0.4, 0.5) is 9.52 Å². The predicted molar refractivity (Wildman–Crippen MR) is 123 cm³/mol. The van der Waals surface area contributed by atoms with Crippen molar-refractivity contribution in [3.63, 3.8) is 0 Å². The molecule has 4 aromatic rings. The molecule has 2 aromatic heterocycles. The zero-order valence-corrected chi connectivity index (χ0v) is 18.6. The third-order valence-corrected chi connectivity index (χ3v) is 5.69. The predicted octanol–water partition coefficient (Wildman–Crippen LogP) is 5.47. The number of nitrogens with zero attached hydrogens (tertiary/aromatic N) is 3. The molecule has 2 aromatic carbocycles. The summed E-state index contributed by atoms with van der Waals surface area (Å²) < 4.78 is 25.7. The number of carbonyl (C=O) groups excluding carboxylic acids is 1. The number of thiazole rings is 1. The molecule has 0 radical (unpaired) electrons. The standard InChI is InChI=1S/C24H22FN3O3S/c1-3-30-20-11-8-16(13-21(20)31-4-2)23(29)28(15-18-7-5-6-12-26-18)24-27-19-10-9-17(25)14-22(19)32-24/h5-14H,3-4,15H2,1-2H3. The third-order valence-electron chi connectivity index (χ3n) is 4.65. The summed E-state index contributed by atoms with van der Waals surface area (Å²) in [7, 11) is 0. The minimum Gasteiger partial charge on any atom is -0.490 e. The van der Waals surface area contributed by atoms with E-state index in [9.17, 15) is 9.18 Å². The van der Waals surface area contributed by atoms with E-state index < -0.39 is 0 Å². The molecule has 0 aliphatic heterocycles. The zero-order chi connectivity index (χ0) is 22.5. The molecular formula is C24H22FN3O3S. The van der Waals surface area contributed by atoms with Crippen LogP contribution in [0.1, 0.15) is 29.9 Å². The van der Waals surface area contributed by atoms with E-state index in [-0.39, 0.29) is 18.3 Å². The number of rotatable bonds is 8. The van der Waals surface area contributed by atoms with Crippen LogP contribution in [-0.4, -0.2) is 29.1 Å². The van der Waals surface area contributed by atoms with Gasteiger partial charge in [-0.2, -0.15) is 0 Å². The van der Waals surface area contributed by atoms with Gasteiger partial charge in [0.05, 0.1) is 35.7 Å². The lowest BCUT2D eigenvalue weighted by atomic mass is 10.1. The highest BCUT2D eigenvalue weighted by Gasteiger charge is 2.23. The average Bonchev–Trinajstić information content (AvgIpc) is 3.22. The Morgan fingerprint density at radius 2 is 1.84 bits per heavy atom. The number of hydrogen-bond acceptors (Lipinski definition) is 6. The first-order valence-corrected chi connectivity index (χ1v) is 11.1. The SMILES string of the molecule is CCOc1ccc(C(=O)N(Cc2ccccn2)c2nc3ccc(F)cc3s2)cc1OCC. The van der Waals surface area contributed by atoms with Gasteiger partial charge in [0.25, 0.3) is 5.91 Å². The summed E-state index contributed by atoms with van der Waals surface area (Å²) in [5.74, 6) is 0.476. The van der Waals surface area contributed by atoms with Gasteiger partial charge in [0.2, 0.25) is 0 Å². The van der Waals surface area contributed by atoms with Crippen LogP contribution in [0.5, 0.6) is 11.5 Å². The first-order chi connectivity index (χ1) is 15.6. The van der Waals surface area contributed by atoms with Gasteiger partial charge in [-0.3, -0.25) is 14.7 Å². The fourth-order valence-corrected chi connectivity index (χ4v) is 4.21. The summed E-state index contributed by atoms with van der Waals surface area (Å²) in [6.45, 7) is 4.91. The number of halogens is 1. The van der Waals surface area contributed by atoms with Gasteiger partial charge in [-0.25, -0.2) is 9.37 Å². The molecule has 0 bridgehead atoms. The first kappa shape index (κ1) is 21.7. The van der Waals surface area contributed by atoms with Crippen LogP contribution in [0.3, 0.4) is 0 Å². The molecule has 2 heterocycles. The van der Waals surface area contributed by atoms with Gasteiger partial charge in [0.1, 0.15) is 5.82 Å². The van der Waals surface area contributed by atoms with Gasteiger partial charge in [-0.1, -0.05) is 17.4 Å². The van der Waals surface area contributed by atoms with Crippen LogP contribution in [0.15, 0.2) is 60.8 Å². The van der Waals surface area contributed by atoms with E-state index in [4.69, 9.17) is 9.47 Å². The molecule has 0 fully saturated rings. The van der Waals surface area contributed by atoms with Crippen molar-refractivity contribution in [3.8, 4) is 11.5 Å². The molecule has 0 N–H and O–H groups in total. The van der Waals surface area contributed by atoms with Gasteiger partial charge in [-0.15, -0.1) is 0 Å². The fraction of sp³-hybridized carbons (Fsp3) is 0.208. The summed E-state index contributed by atoms with van der Waals surface area (Å²) in [6, 6.07) is 15.0. The number of anilines is 1. The van der Waals surface area contributed by atoms with Gasteiger partial charge < -0.3 is 9.47 Å². The summed E-state index contributed by atoms with van der Waals surface area (Å²) >= 11 is 1.26. The van der Waals surface area contributed by atoms with Crippen molar-refractivity contribution in [2.45, 2.75) is 20.4 Å². The Bertz CT molecular complexity index is 1230. The highest BCUT2D eigenvalue weighted by molar-refractivity contribution is 7.22. The number of carbonyl (C=O) groups is 1. The van der Waals surface area contributed by atoms with E-state index >= 15 is 0 Å². The largest absolute Gasteiger partial charge is 0.490 e. The number of amides is 1. The zero-order valence-electron chi connectivity index (χ0n) is 17.7. The molecule has 0 saturated heterocycles. The molecule has 1 amide bonds. The minimum absolute atomic E-state index is 0.221. The minimum atomic E-state index is -0.344. The fourth-order valence-electron chi connectivity index (χ4n) is 3.22. The quantitative estimate of drug-likeness (QED) is 0.355. The molecule has 8 heteroatoms. The van der Waals surface area contributed by atoms with Gasteiger partial charge in [-0.05, 0) is 62.4 Å². The second kappa shape index (κ2) is 9.74. The summed E-state index contributed by atoms with van der Waals surface area (Å²) in [5, 5.41) is 0.466. The van der Waals surface area contributed by atoms with Gasteiger partial charge >= 0.3 is 0 Å². The molecular weight excluding hydrogens is 429 g/mol. The van der Waals surface area contributed by atoms with Crippen LogP contribution >= 0.6 is 11.3 Å². The topological polar surface area (TPSA) is 64.5 Å². The molecule has 0 unspecified atom stereocenters. The third kappa shape index (κ3) is 4.70. The second-order valence-electron chi connectivity index (χ2n) is 6.85. The number of pyridine rings is 1. The monoisotopic (exact) mass is 451 g/mol. The maximum Gasteiger partial charge on any atom is 0.260 e. The van der Waals surface area contributed by atoms with Crippen LogP contribution < -0.4 is 14.4 Å². The lowest BCUT2D eigenvalue weighted by Crippen LogP contribution is -2.30. The number of hydrogen-bond donors (Lipinski definition) is 0. The Labute approximate surface area is 189 Å². The number of ether oxygens (including phenoxy) is 2. The van der Waals surface area contributed by atoms with E-state index in [1.807, 2.05) is 32.0 Å². The smallest absolute Gasteiger partial charge is 0.260 e. The van der Waals surface area contributed by atoms with Gasteiger partial charge in [0.15, 0.2) is 16.6 Å². The average molecular weight is 452 g/mol. The molecule has 32 heavy (non-hydrogen) atoms. The molecule has 0 aliphatic carbocycles. The first-order valence-electron chi connectivity index (χ1n) is 10.3. The molecule has 4 rings (SSSR count). The Kier molecular flexibility index (Phi) is 6.61. The van der Waals surface area contributed by atoms with Crippen molar-refractivity contribution >= 4 is 32.6 Å². The van der Waals surface area contributed by atoms with Crippen molar-refractivity contribution in [3.05, 3.63) is 77.9 Å². The van der Waals surface area contributed by atoms with Crippen LogP contribution in [0.2, 0.25) is 0 Å². The van der Waals surface area contributed by atoms with Gasteiger partial charge in [0, 0.05) is 11.8 Å². The van der Waals surface area contributed by atoms with E-state index in [0.29, 0.717) is 51.3 Å². The molecule has 164 valence electrons. The van der Waals surface area contributed by atoms with Crippen LogP contribution in [0.25, 0.3) is 10.2 Å². The Morgan fingerprint density at radius 3 is 2.59 bits per heavy atom. The van der Waals surface area contributed by atoms with E-state index in [1.165, 1.54) is 23.5 Å². The van der Waals surface area contributed by atoms with E-state index in [2.05, 4.69) is 9.97 Å². The maximum absolute atomic E-state index is 13.7. The Balaban J connectivity index is 1.75. The molecule has 0 aliphatic rings. The highest BCUT2D eigenvalue weighted by atomic mass is 32.1. The second-order valence-corrected chi connectivity index (χ2v) is 7.86. The van der Waals surface area contributed by atoms with Crippen molar-refractivity contribution in [1.82, 2.24) is 9.97 Å². The maximum atomic E-state index is 13.7. The molecule has 0 atom stereocenters. The van der Waals surface area contributed by atoms with Crippen LogP contribution in [-0.2, 0) is 6.54 Å². The number of aromatic nitrogens is 2. The van der Waals surface area contributed by atoms with Crippen LogP contribution in [0, 0.1) is 5.82 Å². The van der Waals surface area contributed by atoms with E-state index in [1.54, 1.807) is 35.4 Å². The number of fused-ring (bicyclic) bond motifs is 1. The Morgan fingerprint density at radius 1 is 1.03 bits per heavy atom. The van der Waals surface area contributed by atoms with Crippen molar-refractivity contribution in [2.75, 3.05) is 18.1 Å². The molecule has 0 spiro atoms.